The molecular weight excluding hydrogens is 324 g/mol. The topological polar surface area (TPSA) is 99.3 Å². The number of hydrogen-bond acceptors (Lipinski definition) is 5. The van der Waals surface area contributed by atoms with Crippen molar-refractivity contribution in [1.29, 1.82) is 0 Å². The van der Waals surface area contributed by atoms with E-state index in [4.69, 9.17) is 11.2 Å². The van der Waals surface area contributed by atoms with Crippen molar-refractivity contribution in [2.45, 2.75) is 25.9 Å². The first-order chi connectivity index (χ1) is 12.0. The van der Waals surface area contributed by atoms with E-state index in [0.29, 0.717) is 5.75 Å². The molecule has 0 fully saturated rings. The number of nitrogens with one attached hydrogen (secondary N) is 1. The van der Waals surface area contributed by atoms with Gasteiger partial charge in [0.1, 0.15) is 24.8 Å². The van der Waals surface area contributed by atoms with Crippen LogP contribution >= 0.6 is 0 Å². The van der Waals surface area contributed by atoms with Crippen LogP contribution in [0.4, 0.5) is 5.69 Å². The number of aromatic nitrogens is 2. The lowest BCUT2D eigenvalue weighted by Gasteiger charge is -2.15. The number of carbonyl (C=O) groups excluding carboxylic acids is 1. The summed E-state index contributed by atoms with van der Waals surface area (Å²) in [5, 5.41) is 17.3. The zero-order chi connectivity index (χ0) is 18.2. The van der Waals surface area contributed by atoms with Crippen LogP contribution < -0.4 is 10.1 Å². The van der Waals surface area contributed by atoms with Gasteiger partial charge in [0, 0.05) is 13.0 Å². The minimum Gasteiger partial charge on any atom is -0.481 e. The van der Waals surface area contributed by atoms with Crippen LogP contribution in [-0.2, 0) is 11.3 Å². The molecule has 1 aromatic heterocycles. The fraction of sp³-hybridized carbons (Fsp3) is 0.294. The minimum absolute atomic E-state index is 0.0995. The molecule has 130 valence electrons. The number of benzene rings is 1. The van der Waals surface area contributed by atoms with Gasteiger partial charge in [-0.25, -0.2) is 0 Å². The maximum absolute atomic E-state index is 12.1. The highest BCUT2D eigenvalue weighted by atomic mass is 16.6. The lowest BCUT2D eigenvalue weighted by atomic mass is 10.1. The maximum atomic E-state index is 12.1. The van der Waals surface area contributed by atoms with Crippen molar-refractivity contribution >= 4 is 11.6 Å². The molecule has 0 aliphatic carbocycles. The third kappa shape index (κ3) is 5.35. The molecule has 1 unspecified atom stereocenters. The quantitative estimate of drug-likeness (QED) is 0.450. The lowest BCUT2D eigenvalue weighted by molar-refractivity contribution is -0.385. The summed E-state index contributed by atoms with van der Waals surface area (Å²) in [4.78, 5) is 22.1. The van der Waals surface area contributed by atoms with Crippen molar-refractivity contribution < 1.29 is 14.5 Å². The second kappa shape index (κ2) is 8.49. The van der Waals surface area contributed by atoms with Gasteiger partial charge in [0.25, 0.3) is 0 Å². The average Bonchev–Trinajstić information content (AvgIpc) is 3.08. The highest BCUT2D eigenvalue weighted by Gasteiger charge is 2.12. The smallest absolute Gasteiger partial charge is 0.306 e. The highest BCUT2D eigenvalue weighted by molar-refractivity contribution is 5.76. The summed E-state index contributed by atoms with van der Waals surface area (Å²) < 4.78 is 6.73. The monoisotopic (exact) mass is 342 g/mol. The van der Waals surface area contributed by atoms with E-state index in [0.717, 1.165) is 11.8 Å². The zero-order valence-electron chi connectivity index (χ0n) is 13.7. The number of nitro groups is 1. The highest BCUT2D eigenvalue weighted by Crippen LogP contribution is 2.19. The SMILES string of the molecule is C#CCOc1cccc(C(C)NC(=O)CCn2cc([N+](=O)[O-])cn2)c1. The second-order valence-corrected chi connectivity index (χ2v) is 5.32. The molecule has 0 saturated heterocycles. The number of hydrogen-bond donors (Lipinski definition) is 1. The second-order valence-electron chi connectivity index (χ2n) is 5.32. The van der Waals surface area contributed by atoms with Crippen LogP contribution in [0.1, 0.15) is 24.9 Å². The van der Waals surface area contributed by atoms with E-state index in [9.17, 15) is 14.9 Å². The van der Waals surface area contributed by atoms with Crippen LogP contribution in [0.2, 0.25) is 0 Å². The summed E-state index contributed by atoms with van der Waals surface area (Å²) in [5.74, 6) is 2.85. The molecule has 1 amide bonds. The minimum atomic E-state index is -0.527. The van der Waals surface area contributed by atoms with Gasteiger partial charge in [-0.15, -0.1) is 6.42 Å². The molecule has 2 aromatic rings. The first-order valence-electron chi connectivity index (χ1n) is 7.62. The molecule has 2 rings (SSSR count). The Morgan fingerprint density at radius 1 is 1.56 bits per heavy atom. The van der Waals surface area contributed by atoms with Crippen molar-refractivity contribution in [3.8, 4) is 18.1 Å². The summed E-state index contributed by atoms with van der Waals surface area (Å²) in [7, 11) is 0. The lowest BCUT2D eigenvalue weighted by Crippen LogP contribution is -2.27. The van der Waals surface area contributed by atoms with Crippen molar-refractivity contribution in [2.24, 2.45) is 0 Å². The molecule has 0 aliphatic heterocycles. The summed E-state index contributed by atoms with van der Waals surface area (Å²) in [6.07, 6.45) is 7.78. The molecule has 25 heavy (non-hydrogen) atoms. The Hall–Kier alpha value is -3.34. The van der Waals surface area contributed by atoms with Crippen LogP contribution in [0, 0.1) is 22.5 Å². The van der Waals surface area contributed by atoms with Gasteiger partial charge in [0.2, 0.25) is 5.91 Å². The molecule has 0 spiro atoms. The molecule has 1 N–H and O–H groups in total. The van der Waals surface area contributed by atoms with E-state index in [1.807, 2.05) is 25.1 Å². The van der Waals surface area contributed by atoms with Crippen LogP contribution in [0.5, 0.6) is 5.75 Å². The predicted octanol–water partition coefficient (Wildman–Crippen LogP) is 2.07. The van der Waals surface area contributed by atoms with E-state index in [2.05, 4.69) is 16.3 Å². The fourth-order valence-electron chi connectivity index (χ4n) is 2.18. The molecule has 0 bridgehead atoms. The molecule has 1 atom stereocenters. The van der Waals surface area contributed by atoms with Gasteiger partial charge in [-0.1, -0.05) is 18.1 Å². The number of rotatable bonds is 8. The molecule has 1 aromatic carbocycles. The van der Waals surface area contributed by atoms with Gasteiger partial charge in [-0.05, 0) is 24.6 Å². The fourth-order valence-corrected chi connectivity index (χ4v) is 2.18. The van der Waals surface area contributed by atoms with E-state index in [1.165, 1.54) is 10.9 Å². The Labute approximate surface area is 144 Å². The number of carbonyl (C=O) groups is 1. The molecule has 8 nitrogen and oxygen atoms in total. The molecule has 0 aliphatic rings. The number of ether oxygens (including phenoxy) is 1. The average molecular weight is 342 g/mol. The zero-order valence-corrected chi connectivity index (χ0v) is 13.7. The Morgan fingerprint density at radius 3 is 3.04 bits per heavy atom. The van der Waals surface area contributed by atoms with Crippen molar-refractivity contribution in [1.82, 2.24) is 15.1 Å². The Balaban J connectivity index is 1.87. The Bertz CT molecular complexity index is 794. The summed E-state index contributed by atoms with van der Waals surface area (Å²) in [6.45, 7) is 2.30. The van der Waals surface area contributed by atoms with E-state index in [-0.39, 0.29) is 37.2 Å². The van der Waals surface area contributed by atoms with Crippen LogP contribution in [0.25, 0.3) is 0 Å². The van der Waals surface area contributed by atoms with E-state index in [1.54, 1.807) is 6.07 Å². The van der Waals surface area contributed by atoms with Crippen LogP contribution in [0.15, 0.2) is 36.7 Å². The summed E-state index contributed by atoms with van der Waals surface area (Å²) in [5.41, 5.74) is 0.787. The third-order valence-corrected chi connectivity index (χ3v) is 3.46. The van der Waals surface area contributed by atoms with Gasteiger partial charge < -0.3 is 10.1 Å². The van der Waals surface area contributed by atoms with Crippen LogP contribution in [-0.4, -0.2) is 27.2 Å². The molecule has 0 radical (unpaired) electrons. The number of amides is 1. The van der Waals surface area contributed by atoms with Gasteiger partial charge >= 0.3 is 5.69 Å². The van der Waals surface area contributed by atoms with Gasteiger partial charge in [0.05, 0.1) is 11.0 Å². The predicted molar refractivity (Wildman–Crippen MR) is 90.8 cm³/mol. The van der Waals surface area contributed by atoms with Crippen molar-refractivity contribution in [2.75, 3.05) is 6.61 Å². The van der Waals surface area contributed by atoms with Crippen molar-refractivity contribution in [3.05, 3.63) is 52.3 Å². The standard InChI is InChI=1S/C17H18N4O4/c1-3-9-25-16-6-4-5-14(10-16)13(2)19-17(22)7-8-20-12-15(11-18-20)21(23)24/h1,4-6,10-13H,7-9H2,2H3,(H,19,22). The Kier molecular flexibility index (Phi) is 6.12. The Morgan fingerprint density at radius 2 is 2.36 bits per heavy atom. The number of terminal acetylenes is 1. The first kappa shape index (κ1) is 18.0. The van der Waals surface area contributed by atoms with E-state index < -0.39 is 4.92 Å². The van der Waals surface area contributed by atoms with E-state index >= 15 is 0 Å². The maximum Gasteiger partial charge on any atom is 0.306 e. The van der Waals surface area contributed by atoms with Gasteiger partial charge in [-0.3, -0.25) is 19.6 Å². The summed E-state index contributed by atoms with van der Waals surface area (Å²) >= 11 is 0. The number of nitrogens with zero attached hydrogens (tertiary/aromatic N) is 3. The third-order valence-electron chi connectivity index (χ3n) is 3.46. The number of aryl methyl sites for hydroxylation is 1. The van der Waals surface area contributed by atoms with Gasteiger partial charge in [0.15, 0.2) is 0 Å². The van der Waals surface area contributed by atoms with Gasteiger partial charge in [-0.2, -0.15) is 5.10 Å². The molecule has 8 heteroatoms. The molecular formula is C17H18N4O4. The summed E-state index contributed by atoms with van der Waals surface area (Å²) in [6, 6.07) is 7.10. The first-order valence-corrected chi connectivity index (χ1v) is 7.62. The van der Waals surface area contributed by atoms with Crippen molar-refractivity contribution in [3.63, 3.8) is 0 Å². The molecule has 0 saturated carbocycles. The molecule has 1 heterocycles. The largest absolute Gasteiger partial charge is 0.481 e. The normalized spacial score (nSPS) is 11.4. The van der Waals surface area contributed by atoms with Crippen LogP contribution in [0.3, 0.4) is 0 Å².